The molecule has 0 aliphatic carbocycles. The lowest BCUT2D eigenvalue weighted by molar-refractivity contribution is 0.149. The summed E-state index contributed by atoms with van der Waals surface area (Å²) in [6.07, 6.45) is 2.03. The SMILES string of the molecule is COc1ccccc1C1CNCCN1Cc1ccn(-c2ccccc2)n1. The van der Waals surface area contributed by atoms with Gasteiger partial charge in [0.15, 0.2) is 0 Å². The van der Waals surface area contributed by atoms with Crippen LogP contribution in [0.4, 0.5) is 0 Å². The van der Waals surface area contributed by atoms with Crippen LogP contribution in [-0.2, 0) is 6.54 Å². The number of benzene rings is 2. The normalized spacial score (nSPS) is 18.0. The smallest absolute Gasteiger partial charge is 0.123 e. The third-order valence-electron chi connectivity index (χ3n) is 4.88. The molecule has 1 unspecified atom stereocenters. The van der Waals surface area contributed by atoms with Gasteiger partial charge in [0.05, 0.1) is 24.5 Å². The van der Waals surface area contributed by atoms with Crippen LogP contribution in [0.5, 0.6) is 5.75 Å². The standard InChI is InChI=1S/C21H24N4O/c1-26-21-10-6-5-9-19(21)20-15-22-12-14-24(20)16-17-11-13-25(23-17)18-7-3-2-4-8-18/h2-11,13,20,22H,12,14-16H2,1H3. The lowest BCUT2D eigenvalue weighted by atomic mass is 10.0. The molecule has 0 saturated carbocycles. The fraction of sp³-hybridized carbons (Fsp3) is 0.286. The highest BCUT2D eigenvalue weighted by Crippen LogP contribution is 2.31. The Hall–Kier alpha value is -2.63. The summed E-state index contributed by atoms with van der Waals surface area (Å²) in [6.45, 7) is 3.72. The van der Waals surface area contributed by atoms with E-state index in [1.54, 1.807) is 7.11 Å². The summed E-state index contributed by atoms with van der Waals surface area (Å²) >= 11 is 0. The third kappa shape index (κ3) is 3.49. The minimum atomic E-state index is 0.279. The average molecular weight is 348 g/mol. The van der Waals surface area contributed by atoms with Crippen molar-refractivity contribution >= 4 is 0 Å². The van der Waals surface area contributed by atoms with E-state index in [1.807, 2.05) is 41.2 Å². The number of para-hydroxylation sites is 2. The monoisotopic (exact) mass is 348 g/mol. The summed E-state index contributed by atoms with van der Waals surface area (Å²) in [4.78, 5) is 2.48. The van der Waals surface area contributed by atoms with Crippen LogP contribution in [-0.4, -0.2) is 41.4 Å². The Balaban J connectivity index is 1.55. The number of methoxy groups -OCH3 is 1. The number of hydrogen-bond acceptors (Lipinski definition) is 4. The molecule has 0 amide bonds. The van der Waals surface area contributed by atoms with Crippen molar-refractivity contribution in [1.82, 2.24) is 20.0 Å². The third-order valence-corrected chi connectivity index (χ3v) is 4.88. The quantitative estimate of drug-likeness (QED) is 0.770. The minimum Gasteiger partial charge on any atom is -0.496 e. The summed E-state index contributed by atoms with van der Waals surface area (Å²) in [5.41, 5.74) is 3.39. The zero-order valence-electron chi connectivity index (χ0n) is 15.0. The number of nitrogens with one attached hydrogen (secondary N) is 1. The fourth-order valence-corrected chi connectivity index (χ4v) is 3.56. The van der Waals surface area contributed by atoms with Gasteiger partial charge >= 0.3 is 0 Å². The van der Waals surface area contributed by atoms with E-state index in [0.717, 1.165) is 43.3 Å². The van der Waals surface area contributed by atoms with Crippen molar-refractivity contribution in [2.45, 2.75) is 12.6 Å². The Morgan fingerprint density at radius 3 is 2.73 bits per heavy atom. The molecule has 26 heavy (non-hydrogen) atoms. The van der Waals surface area contributed by atoms with E-state index in [-0.39, 0.29) is 6.04 Å². The molecule has 0 bridgehead atoms. The number of ether oxygens (including phenoxy) is 1. The molecule has 3 aromatic rings. The Labute approximate surface area is 154 Å². The van der Waals surface area contributed by atoms with Crippen LogP contribution in [0, 0.1) is 0 Å². The van der Waals surface area contributed by atoms with Crippen LogP contribution in [0.15, 0.2) is 66.9 Å². The molecule has 1 aromatic heterocycles. The van der Waals surface area contributed by atoms with Crippen LogP contribution in [0.25, 0.3) is 5.69 Å². The summed E-state index contributed by atoms with van der Waals surface area (Å²) in [6, 6.07) is 20.9. The maximum Gasteiger partial charge on any atom is 0.123 e. The van der Waals surface area contributed by atoms with Crippen molar-refractivity contribution < 1.29 is 4.74 Å². The lowest BCUT2D eigenvalue weighted by Gasteiger charge is -2.36. The number of piperazine rings is 1. The van der Waals surface area contributed by atoms with Gasteiger partial charge in [0, 0.05) is 37.9 Å². The summed E-state index contributed by atoms with van der Waals surface area (Å²) in [7, 11) is 1.74. The molecule has 5 heteroatoms. The van der Waals surface area contributed by atoms with Crippen LogP contribution in [0.1, 0.15) is 17.3 Å². The van der Waals surface area contributed by atoms with E-state index in [0.29, 0.717) is 0 Å². The van der Waals surface area contributed by atoms with Gasteiger partial charge in [-0.25, -0.2) is 4.68 Å². The highest BCUT2D eigenvalue weighted by Gasteiger charge is 2.26. The largest absolute Gasteiger partial charge is 0.496 e. The molecule has 2 heterocycles. The molecule has 1 fully saturated rings. The Morgan fingerprint density at radius 1 is 1.08 bits per heavy atom. The molecule has 0 radical (unpaired) electrons. The maximum atomic E-state index is 5.58. The van der Waals surface area contributed by atoms with Crippen molar-refractivity contribution in [3.63, 3.8) is 0 Å². The van der Waals surface area contributed by atoms with Crippen molar-refractivity contribution in [1.29, 1.82) is 0 Å². The molecule has 4 rings (SSSR count). The Bertz CT molecular complexity index is 846. The number of aromatic nitrogens is 2. The van der Waals surface area contributed by atoms with E-state index in [1.165, 1.54) is 5.56 Å². The Morgan fingerprint density at radius 2 is 1.88 bits per heavy atom. The second kappa shape index (κ2) is 7.72. The first kappa shape index (κ1) is 16.8. The molecule has 1 aliphatic rings. The number of hydrogen-bond donors (Lipinski definition) is 1. The highest BCUT2D eigenvalue weighted by atomic mass is 16.5. The lowest BCUT2D eigenvalue weighted by Crippen LogP contribution is -2.45. The van der Waals surface area contributed by atoms with Crippen molar-refractivity contribution in [3.8, 4) is 11.4 Å². The second-order valence-electron chi connectivity index (χ2n) is 6.52. The van der Waals surface area contributed by atoms with Crippen molar-refractivity contribution in [2.24, 2.45) is 0 Å². The first-order chi connectivity index (χ1) is 12.8. The molecular weight excluding hydrogens is 324 g/mol. The molecule has 1 atom stereocenters. The maximum absolute atomic E-state index is 5.58. The van der Waals surface area contributed by atoms with Gasteiger partial charge in [0.25, 0.3) is 0 Å². The molecule has 1 saturated heterocycles. The fourth-order valence-electron chi connectivity index (χ4n) is 3.56. The van der Waals surface area contributed by atoms with Crippen LogP contribution in [0.2, 0.25) is 0 Å². The molecule has 5 nitrogen and oxygen atoms in total. The van der Waals surface area contributed by atoms with Crippen LogP contribution < -0.4 is 10.1 Å². The van der Waals surface area contributed by atoms with E-state index < -0.39 is 0 Å². The topological polar surface area (TPSA) is 42.3 Å². The van der Waals surface area contributed by atoms with Gasteiger partial charge < -0.3 is 10.1 Å². The van der Waals surface area contributed by atoms with E-state index in [2.05, 4.69) is 40.5 Å². The van der Waals surface area contributed by atoms with E-state index >= 15 is 0 Å². The van der Waals surface area contributed by atoms with Gasteiger partial charge in [0.2, 0.25) is 0 Å². The van der Waals surface area contributed by atoms with Gasteiger partial charge in [-0.15, -0.1) is 0 Å². The number of nitrogens with zero attached hydrogens (tertiary/aromatic N) is 3. The molecular formula is C21H24N4O. The van der Waals surface area contributed by atoms with Gasteiger partial charge in [-0.05, 0) is 24.3 Å². The van der Waals surface area contributed by atoms with Crippen LogP contribution in [0.3, 0.4) is 0 Å². The van der Waals surface area contributed by atoms with Gasteiger partial charge in [-0.1, -0.05) is 36.4 Å². The molecule has 1 N–H and O–H groups in total. The predicted octanol–water partition coefficient (Wildman–Crippen LogP) is 3.03. The highest BCUT2D eigenvalue weighted by molar-refractivity contribution is 5.36. The average Bonchev–Trinajstić information content (AvgIpc) is 3.18. The van der Waals surface area contributed by atoms with Gasteiger partial charge in [-0.2, -0.15) is 5.10 Å². The first-order valence-corrected chi connectivity index (χ1v) is 9.03. The molecule has 134 valence electrons. The van der Waals surface area contributed by atoms with Crippen molar-refractivity contribution in [3.05, 3.63) is 78.1 Å². The first-order valence-electron chi connectivity index (χ1n) is 9.03. The molecule has 2 aromatic carbocycles. The number of rotatable bonds is 5. The van der Waals surface area contributed by atoms with Gasteiger partial charge in [-0.3, -0.25) is 4.90 Å². The second-order valence-corrected chi connectivity index (χ2v) is 6.52. The van der Waals surface area contributed by atoms with E-state index in [4.69, 9.17) is 9.84 Å². The van der Waals surface area contributed by atoms with Crippen LogP contribution >= 0.6 is 0 Å². The zero-order chi connectivity index (χ0) is 17.8. The predicted molar refractivity (Wildman–Crippen MR) is 103 cm³/mol. The van der Waals surface area contributed by atoms with Crippen molar-refractivity contribution in [2.75, 3.05) is 26.7 Å². The molecule has 1 aliphatic heterocycles. The van der Waals surface area contributed by atoms with Gasteiger partial charge in [0.1, 0.15) is 5.75 Å². The Kier molecular flexibility index (Phi) is 5.00. The zero-order valence-corrected chi connectivity index (χ0v) is 15.0. The summed E-state index contributed by atoms with van der Waals surface area (Å²) < 4.78 is 7.52. The van der Waals surface area contributed by atoms with E-state index in [9.17, 15) is 0 Å². The summed E-state index contributed by atoms with van der Waals surface area (Å²) in [5.74, 6) is 0.945. The molecule has 0 spiro atoms. The minimum absolute atomic E-state index is 0.279. The summed E-state index contributed by atoms with van der Waals surface area (Å²) in [5, 5.41) is 8.28.